The summed E-state index contributed by atoms with van der Waals surface area (Å²) in [6.07, 6.45) is -0.831. The Hall–Kier alpha value is -0.620. The van der Waals surface area contributed by atoms with Crippen molar-refractivity contribution >= 4 is 21.4 Å². The van der Waals surface area contributed by atoms with Gasteiger partial charge in [-0.1, -0.05) is 29.8 Å². The van der Waals surface area contributed by atoms with Crippen molar-refractivity contribution in [1.82, 2.24) is 5.32 Å². The van der Waals surface area contributed by atoms with Gasteiger partial charge in [0.1, 0.15) is 0 Å². The molecule has 0 spiro atoms. The van der Waals surface area contributed by atoms with Crippen LogP contribution in [0.25, 0.3) is 0 Å². The minimum atomic E-state index is -3.10. The van der Waals surface area contributed by atoms with Crippen LogP contribution in [-0.2, 0) is 16.4 Å². The van der Waals surface area contributed by atoms with Gasteiger partial charge in [0.25, 0.3) is 0 Å². The Balaban J connectivity index is 1.98. The molecule has 0 aromatic heterocycles. The molecule has 6 heteroatoms. The maximum absolute atomic E-state index is 11.3. The fourth-order valence-corrected chi connectivity index (χ4v) is 3.89. The smallest absolute Gasteiger partial charge is 0.154 e. The van der Waals surface area contributed by atoms with Crippen molar-refractivity contribution in [3.05, 3.63) is 34.9 Å². The molecule has 0 radical (unpaired) electrons. The van der Waals surface area contributed by atoms with Crippen molar-refractivity contribution in [2.75, 3.05) is 11.5 Å². The van der Waals surface area contributed by atoms with Gasteiger partial charge in [0, 0.05) is 17.6 Å². The number of rotatable bonds is 3. The molecule has 1 aliphatic rings. The summed E-state index contributed by atoms with van der Waals surface area (Å²) in [5.74, 6) is -0.175. The third-order valence-electron chi connectivity index (χ3n) is 2.84. The Kier molecular flexibility index (Phi) is 3.73. The number of sulfone groups is 1. The van der Waals surface area contributed by atoms with Gasteiger partial charge < -0.3 is 10.4 Å². The molecule has 0 bridgehead atoms. The molecule has 2 rings (SSSR count). The van der Waals surface area contributed by atoms with Gasteiger partial charge in [-0.3, -0.25) is 0 Å². The predicted molar refractivity (Wildman–Crippen MR) is 66.7 cm³/mol. The third-order valence-corrected chi connectivity index (χ3v) is 4.92. The average molecular weight is 276 g/mol. The highest BCUT2D eigenvalue weighted by atomic mass is 35.5. The summed E-state index contributed by atoms with van der Waals surface area (Å²) < 4.78 is 22.6. The Bertz CT molecular complexity index is 503. The van der Waals surface area contributed by atoms with E-state index in [1.807, 2.05) is 18.2 Å². The van der Waals surface area contributed by atoms with Crippen LogP contribution in [0.2, 0.25) is 5.02 Å². The third kappa shape index (κ3) is 3.19. The van der Waals surface area contributed by atoms with Crippen LogP contribution in [0.3, 0.4) is 0 Å². The number of nitrogens with one attached hydrogen (secondary N) is 1. The Morgan fingerprint density at radius 1 is 1.35 bits per heavy atom. The predicted octanol–water partition coefficient (Wildman–Crippen LogP) is 0.587. The van der Waals surface area contributed by atoms with Crippen LogP contribution in [-0.4, -0.2) is 37.2 Å². The van der Waals surface area contributed by atoms with E-state index in [0.717, 1.165) is 5.56 Å². The van der Waals surface area contributed by atoms with Crippen molar-refractivity contribution in [1.29, 1.82) is 0 Å². The topological polar surface area (TPSA) is 66.4 Å². The van der Waals surface area contributed by atoms with Gasteiger partial charge in [-0.2, -0.15) is 0 Å². The SMILES string of the molecule is O=S1(=O)C[C@H](NCc2ccccc2Cl)[C@@H](O)C1. The molecular weight excluding hydrogens is 262 g/mol. The monoisotopic (exact) mass is 275 g/mol. The molecule has 0 unspecified atom stereocenters. The Labute approximate surface area is 106 Å². The van der Waals surface area contributed by atoms with E-state index in [1.165, 1.54) is 0 Å². The van der Waals surface area contributed by atoms with Gasteiger partial charge in [-0.05, 0) is 11.6 Å². The molecule has 0 aliphatic carbocycles. The molecular formula is C11H14ClNO3S. The maximum atomic E-state index is 11.3. The van der Waals surface area contributed by atoms with Gasteiger partial charge in [0.15, 0.2) is 9.84 Å². The summed E-state index contributed by atoms with van der Waals surface area (Å²) in [5, 5.41) is 13.3. The number of benzene rings is 1. The summed E-state index contributed by atoms with van der Waals surface area (Å²) in [5.41, 5.74) is 0.894. The van der Waals surface area contributed by atoms with Crippen LogP contribution >= 0.6 is 11.6 Å². The second kappa shape index (κ2) is 4.94. The Morgan fingerprint density at radius 3 is 2.65 bits per heavy atom. The Morgan fingerprint density at radius 2 is 2.06 bits per heavy atom. The molecule has 0 saturated carbocycles. The zero-order chi connectivity index (χ0) is 12.5. The minimum absolute atomic E-state index is 0.0153. The summed E-state index contributed by atoms with van der Waals surface area (Å²) in [6.45, 7) is 0.455. The van der Waals surface area contributed by atoms with Gasteiger partial charge in [0.2, 0.25) is 0 Å². The zero-order valence-corrected chi connectivity index (χ0v) is 10.7. The molecule has 2 atom stereocenters. The first-order chi connectivity index (χ1) is 7.98. The maximum Gasteiger partial charge on any atom is 0.154 e. The molecule has 1 saturated heterocycles. The second-order valence-electron chi connectivity index (χ2n) is 4.22. The molecule has 1 heterocycles. The van der Waals surface area contributed by atoms with Gasteiger partial charge in [-0.15, -0.1) is 0 Å². The van der Waals surface area contributed by atoms with Crippen molar-refractivity contribution in [3.63, 3.8) is 0 Å². The van der Waals surface area contributed by atoms with Gasteiger partial charge in [0.05, 0.1) is 17.6 Å². The fraction of sp³-hybridized carbons (Fsp3) is 0.455. The molecule has 0 amide bonds. The first-order valence-corrected chi connectivity index (χ1v) is 7.53. The summed E-state index contributed by atoms with van der Waals surface area (Å²) >= 11 is 5.98. The summed E-state index contributed by atoms with van der Waals surface area (Å²) in [7, 11) is -3.10. The molecule has 1 aromatic rings. The van der Waals surface area contributed by atoms with E-state index >= 15 is 0 Å². The van der Waals surface area contributed by atoms with Crippen LogP contribution in [0.1, 0.15) is 5.56 Å². The van der Waals surface area contributed by atoms with Crippen LogP contribution < -0.4 is 5.32 Å². The lowest BCUT2D eigenvalue weighted by molar-refractivity contribution is 0.165. The van der Waals surface area contributed by atoms with E-state index in [4.69, 9.17) is 11.6 Å². The van der Waals surface area contributed by atoms with Crippen LogP contribution in [0, 0.1) is 0 Å². The largest absolute Gasteiger partial charge is 0.390 e. The van der Waals surface area contributed by atoms with Crippen molar-refractivity contribution < 1.29 is 13.5 Å². The molecule has 4 nitrogen and oxygen atoms in total. The second-order valence-corrected chi connectivity index (χ2v) is 6.78. The van der Waals surface area contributed by atoms with Crippen LogP contribution in [0.4, 0.5) is 0 Å². The zero-order valence-electron chi connectivity index (χ0n) is 9.14. The highest BCUT2D eigenvalue weighted by molar-refractivity contribution is 7.91. The first-order valence-electron chi connectivity index (χ1n) is 5.33. The molecule has 94 valence electrons. The van der Waals surface area contributed by atoms with Crippen LogP contribution in [0.15, 0.2) is 24.3 Å². The van der Waals surface area contributed by atoms with E-state index in [-0.39, 0.29) is 11.5 Å². The standard InChI is InChI=1S/C11H14ClNO3S/c12-9-4-2-1-3-8(9)5-13-10-6-17(15,16)7-11(10)14/h1-4,10-11,13-14H,5-7H2/t10-,11-/m0/s1. The number of aliphatic hydroxyl groups excluding tert-OH is 1. The average Bonchev–Trinajstić information content (AvgIpc) is 2.51. The number of hydrogen-bond donors (Lipinski definition) is 2. The van der Waals surface area contributed by atoms with Gasteiger partial charge >= 0.3 is 0 Å². The lowest BCUT2D eigenvalue weighted by atomic mass is 10.2. The number of aliphatic hydroxyl groups is 1. The molecule has 1 aromatic carbocycles. The van der Waals surface area contributed by atoms with E-state index in [2.05, 4.69) is 5.32 Å². The molecule has 1 aliphatic heterocycles. The quantitative estimate of drug-likeness (QED) is 0.847. The van der Waals surface area contributed by atoms with Crippen molar-refractivity contribution in [2.45, 2.75) is 18.7 Å². The normalized spacial score (nSPS) is 27.2. The minimum Gasteiger partial charge on any atom is -0.390 e. The van der Waals surface area contributed by atoms with Crippen molar-refractivity contribution in [3.8, 4) is 0 Å². The molecule has 17 heavy (non-hydrogen) atoms. The lowest BCUT2D eigenvalue weighted by Gasteiger charge is -2.15. The van der Waals surface area contributed by atoms with Gasteiger partial charge in [-0.25, -0.2) is 8.42 Å². The van der Waals surface area contributed by atoms with E-state index in [1.54, 1.807) is 6.07 Å². The summed E-state index contributed by atoms with van der Waals surface area (Å²) in [4.78, 5) is 0. The summed E-state index contributed by atoms with van der Waals surface area (Å²) in [6, 6.07) is 6.94. The molecule has 1 fully saturated rings. The van der Waals surface area contributed by atoms with Crippen LogP contribution in [0.5, 0.6) is 0 Å². The number of hydrogen-bond acceptors (Lipinski definition) is 4. The van der Waals surface area contributed by atoms with Crippen molar-refractivity contribution in [2.24, 2.45) is 0 Å². The molecule has 2 N–H and O–H groups in total. The van der Waals surface area contributed by atoms with E-state index in [9.17, 15) is 13.5 Å². The number of halogens is 1. The highest BCUT2D eigenvalue weighted by Gasteiger charge is 2.35. The first kappa shape index (κ1) is 12.8. The van der Waals surface area contributed by atoms with E-state index < -0.39 is 22.0 Å². The lowest BCUT2D eigenvalue weighted by Crippen LogP contribution is -2.38. The fourth-order valence-electron chi connectivity index (χ4n) is 1.91. The highest BCUT2D eigenvalue weighted by Crippen LogP contribution is 2.17. The van der Waals surface area contributed by atoms with E-state index in [0.29, 0.717) is 11.6 Å².